The van der Waals surface area contributed by atoms with Crippen LogP contribution in [0.2, 0.25) is 0 Å². The van der Waals surface area contributed by atoms with E-state index in [1.165, 1.54) is 12.1 Å². The number of rotatable bonds is 4. The van der Waals surface area contributed by atoms with Crippen molar-refractivity contribution in [2.75, 3.05) is 20.8 Å². The molecule has 30 heavy (non-hydrogen) atoms. The Kier molecular flexibility index (Phi) is 5.69. The molecule has 5 nitrogen and oxygen atoms in total. The van der Waals surface area contributed by atoms with Crippen LogP contribution in [0.15, 0.2) is 42.5 Å². The Bertz CT molecular complexity index is 933. The summed E-state index contributed by atoms with van der Waals surface area (Å²) in [5, 5.41) is 11.4. The highest BCUT2D eigenvalue weighted by molar-refractivity contribution is 5.94. The smallest absolute Gasteiger partial charge is 0.254 e. The van der Waals surface area contributed by atoms with Crippen LogP contribution in [-0.4, -0.2) is 42.3 Å². The zero-order chi connectivity index (χ0) is 21.3. The average molecular weight is 413 g/mol. The van der Waals surface area contributed by atoms with Gasteiger partial charge in [0.15, 0.2) is 0 Å². The van der Waals surface area contributed by atoms with Gasteiger partial charge >= 0.3 is 0 Å². The Morgan fingerprint density at radius 2 is 1.97 bits per heavy atom. The lowest BCUT2D eigenvalue weighted by Crippen LogP contribution is -2.56. The first kappa shape index (κ1) is 20.7. The van der Waals surface area contributed by atoms with Crippen molar-refractivity contribution >= 4 is 5.91 Å². The van der Waals surface area contributed by atoms with E-state index < -0.39 is 11.4 Å². The number of fused-ring (bicyclic) bond motifs is 1. The van der Waals surface area contributed by atoms with Gasteiger partial charge < -0.3 is 19.5 Å². The molecule has 6 heteroatoms. The van der Waals surface area contributed by atoms with Gasteiger partial charge in [0.2, 0.25) is 0 Å². The molecule has 0 unspecified atom stereocenters. The molecule has 4 rings (SSSR count). The Hall–Kier alpha value is -2.60. The minimum Gasteiger partial charge on any atom is -0.497 e. The van der Waals surface area contributed by atoms with Crippen molar-refractivity contribution < 1.29 is 23.8 Å². The Morgan fingerprint density at radius 1 is 1.13 bits per heavy atom. The molecule has 1 N–H and O–H groups in total. The maximum Gasteiger partial charge on any atom is 0.254 e. The summed E-state index contributed by atoms with van der Waals surface area (Å²) in [6.45, 7) is 0.405. The zero-order valence-electron chi connectivity index (χ0n) is 17.4. The molecular formula is C24H28FNO4. The number of halogens is 1. The van der Waals surface area contributed by atoms with Crippen LogP contribution in [0.5, 0.6) is 11.5 Å². The molecule has 2 aromatic carbocycles. The third-order valence-corrected chi connectivity index (χ3v) is 6.66. The average Bonchev–Trinajstić information content (AvgIpc) is 2.77. The van der Waals surface area contributed by atoms with Crippen LogP contribution in [0, 0.1) is 11.7 Å². The van der Waals surface area contributed by atoms with Gasteiger partial charge in [0, 0.05) is 29.7 Å². The summed E-state index contributed by atoms with van der Waals surface area (Å²) >= 11 is 0. The molecule has 0 bridgehead atoms. The number of nitrogens with zero attached hydrogens (tertiary/aromatic N) is 1. The second-order valence-corrected chi connectivity index (χ2v) is 8.27. The minimum atomic E-state index is -0.813. The van der Waals surface area contributed by atoms with E-state index in [9.17, 15) is 14.3 Å². The summed E-state index contributed by atoms with van der Waals surface area (Å²) in [6.07, 6.45) is 4.06. The van der Waals surface area contributed by atoms with Crippen LogP contribution < -0.4 is 9.47 Å². The quantitative estimate of drug-likeness (QED) is 0.810. The monoisotopic (exact) mass is 413 g/mol. The number of piperidine rings is 1. The number of benzene rings is 2. The molecule has 3 atom stereocenters. The van der Waals surface area contributed by atoms with Gasteiger partial charge in [-0.3, -0.25) is 4.79 Å². The second-order valence-electron chi connectivity index (χ2n) is 8.27. The summed E-state index contributed by atoms with van der Waals surface area (Å²) < 4.78 is 24.8. The van der Waals surface area contributed by atoms with Crippen LogP contribution in [0.1, 0.15) is 54.1 Å². The number of likely N-dealkylation sites (tertiary alicyclic amines) is 1. The van der Waals surface area contributed by atoms with Gasteiger partial charge in [-0.25, -0.2) is 4.39 Å². The number of hydrogen-bond acceptors (Lipinski definition) is 4. The lowest BCUT2D eigenvalue weighted by atomic mass is 9.66. The van der Waals surface area contributed by atoms with Crippen LogP contribution in [0.25, 0.3) is 0 Å². The molecule has 1 saturated carbocycles. The number of methoxy groups -OCH3 is 2. The van der Waals surface area contributed by atoms with Crippen molar-refractivity contribution in [3.8, 4) is 11.5 Å². The molecule has 1 aliphatic carbocycles. The van der Waals surface area contributed by atoms with E-state index in [4.69, 9.17) is 9.47 Å². The fourth-order valence-electron chi connectivity index (χ4n) is 5.14. The Balaban J connectivity index is 1.80. The molecule has 1 aliphatic heterocycles. The van der Waals surface area contributed by atoms with Gasteiger partial charge in [-0.1, -0.05) is 18.9 Å². The predicted molar refractivity (Wildman–Crippen MR) is 111 cm³/mol. The van der Waals surface area contributed by atoms with Crippen molar-refractivity contribution in [1.82, 2.24) is 4.90 Å². The number of ether oxygens (including phenoxy) is 2. The molecule has 0 radical (unpaired) electrons. The number of carbonyl (C=O) groups excluding carboxylic acids is 1. The Labute approximate surface area is 176 Å². The number of aliphatic hydroxyl groups is 1. The first-order valence-electron chi connectivity index (χ1n) is 10.5. The topological polar surface area (TPSA) is 59.0 Å². The van der Waals surface area contributed by atoms with Crippen LogP contribution in [0.4, 0.5) is 4.39 Å². The summed E-state index contributed by atoms with van der Waals surface area (Å²) in [4.78, 5) is 15.2. The van der Waals surface area contributed by atoms with Crippen LogP contribution in [0.3, 0.4) is 0 Å². The van der Waals surface area contributed by atoms with Crippen molar-refractivity contribution in [2.24, 2.45) is 5.92 Å². The highest BCUT2D eigenvalue weighted by atomic mass is 19.1. The van der Waals surface area contributed by atoms with E-state index in [2.05, 4.69) is 0 Å². The molecule has 2 aliphatic rings. The molecule has 160 valence electrons. The molecule has 0 aromatic heterocycles. The summed E-state index contributed by atoms with van der Waals surface area (Å²) in [5.41, 5.74) is 0.342. The predicted octanol–water partition coefficient (Wildman–Crippen LogP) is 4.35. The molecule has 1 saturated heterocycles. The van der Waals surface area contributed by atoms with Gasteiger partial charge in [0.25, 0.3) is 5.91 Å². The summed E-state index contributed by atoms with van der Waals surface area (Å²) in [7, 11) is 3.18. The summed E-state index contributed by atoms with van der Waals surface area (Å²) in [5.74, 6) is 0.495. The van der Waals surface area contributed by atoms with Crippen LogP contribution in [-0.2, 0) is 0 Å². The number of hydrogen-bond donors (Lipinski definition) is 1. The first-order chi connectivity index (χ1) is 14.5. The van der Waals surface area contributed by atoms with Crippen LogP contribution >= 0.6 is 0 Å². The number of carbonyl (C=O) groups is 1. The Morgan fingerprint density at radius 3 is 2.70 bits per heavy atom. The third kappa shape index (κ3) is 3.65. The highest BCUT2D eigenvalue weighted by Crippen LogP contribution is 2.51. The molecule has 1 amide bonds. The fourth-order valence-corrected chi connectivity index (χ4v) is 5.14. The largest absolute Gasteiger partial charge is 0.497 e. The van der Waals surface area contributed by atoms with Crippen molar-refractivity contribution in [3.63, 3.8) is 0 Å². The minimum absolute atomic E-state index is 0.111. The van der Waals surface area contributed by atoms with E-state index >= 15 is 0 Å². The molecule has 0 spiro atoms. The molecule has 2 fully saturated rings. The highest BCUT2D eigenvalue weighted by Gasteiger charge is 2.51. The van der Waals surface area contributed by atoms with Crippen molar-refractivity contribution in [3.05, 3.63) is 59.4 Å². The normalized spacial score (nSPS) is 26.1. The van der Waals surface area contributed by atoms with E-state index in [0.29, 0.717) is 30.0 Å². The van der Waals surface area contributed by atoms with Gasteiger partial charge in [-0.05, 0) is 49.6 Å². The van der Waals surface area contributed by atoms with Crippen molar-refractivity contribution in [1.29, 1.82) is 0 Å². The van der Waals surface area contributed by atoms with E-state index in [1.54, 1.807) is 37.3 Å². The first-order valence-corrected chi connectivity index (χ1v) is 10.5. The zero-order valence-corrected chi connectivity index (χ0v) is 17.4. The van der Waals surface area contributed by atoms with E-state index in [1.807, 2.05) is 12.1 Å². The maximum atomic E-state index is 13.8. The lowest BCUT2D eigenvalue weighted by molar-refractivity contribution is -0.115. The van der Waals surface area contributed by atoms with Gasteiger partial charge in [-0.15, -0.1) is 0 Å². The van der Waals surface area contributed by atoms with Gasteiger partial charge in [-0.2, -0.15) is 0 Å². The van der Waals surface area contributed by atoms with E-state index in [-0.39, 0.29) is 17.9 Å². The molecule has 1 heterocycles. The summed E-state index contributed by atoms with van der Waals surface area (Å²) in [6, 6.07) is 11.0. The SMILES string of the molecule is COc1ccc([C@H]2[C@H]3CCCC[C@@]3(O)CCN2C(=O)c2cccc(F)c2)c(OC)c1. The standard InChI is InChI=1S/C24H28FNO4/c1-29-18-9-10-19(21(15-18)30-2)22-20-8-3-4-11-24(20,28)12-13-26(22)23(27)16-6-5-7-17(25)14-16/h5-7,9-10,14-15,20,22,28H,3-4,8,11-13H2,1-2H3/t20-,22+,24-/m1/s1. The van der Waals surface area contributed by atoms with Gasteiger partial charge in [0.1, 0.15) is 17.3 Å². The second kappa shape index (κ2) is 8.26. The molecule has 2 aromatic rings. The van der Waals surface area contributed by atoms with Crippen molar-refractivity contribution in [2.45, 2.75) is 43.7 Å². The van der Waals surface area contributed by atoms with E-state index in [0.717, 1.165) is 31.2 Å². The third-order valence-electron chi connectivity index (χ3n) is 6.66. The molecular weight excluding hydrogens is 385 g/mol. The fraction of sp³-hybridized carbons (Fsp3) is 0.458. The van der Waals surface area contributed by atoms with Gasteiger partial charge in [0.05, 0.1) is 25.9 Å². The number of amides is 1. The maximum absolute atomic E-state index is 13.8. The lowest BCUT2D eigenvalue weighted by Gasteiger charge is -2.52.